The van der Waals surface area contributed by atoms with Gasteiger partial charge in [0, 0.05) is 24.0 Å². The molecule has 1 saturated carbocycles. The first-order chi connectivity index (χ1) is 20.0. The van der Waals surface area contributed by atoms with Crippen LogP contribution in [0, 0.1) is 35.2 Å². The number of hydrogen-bond acceptors (Lipinski definition) is 3. The lowest BCUT2D eigenvalue weighted by Gasteiger charge is -2.35. The lowest BCUT2D eigenvalue weighted by molar-refractivity contribution is 0.0826. The molecule has 2 aromatic rings. The standard InChI is InChI=1S/C35H45F3O3/c1-3-5-6-10-25-15-16-26-20-28-21-30(32(37)33(38)35(28)41-34(26)31(25)36)39-19-7-9-23-11-13-24(14-12-23)27-17-18-29(8-4-2)40-22-27/h15-16,18,21,23-24,27H,3-14,17,19-20,22H2,1-2H3. The molecule has 2 heterocycles. The Morgan fingerprint density at radius 3 is 2.37 bits per heavy atom. The van der Waals surface area contributed by atoms with Crippen LogP contribution in [0.2, 0.25) is 0 Å². The van der Waals surface area contributed by atoms with E-state index in [9.17, 15) is 4.39 Å². The summed E-state index contributed by atoms with van der Waals surface area (Å²) in [5.74, 6) is 0.243. The topological polar surface area (TPSA) is 27.7 Å². The number of hydrogen-bond donors (Lipinski definition) is 0. The first-order valence-corrected chi connectivity index (χ1v) is 15.9. The molecule has 0 amide bonds. The first-order valence-electron chi connectivity index (χ1n) is 15.9. The van der Waals surface area contributed by atoms with Crippen LogP contribution in [0.4, 0.5) is 13.2 Å². The first kappa shape index (κ1) is 29.8. The van der Waals surface area contributed by atoms with Crippen molar-refractivity contribution in [1.82, 2.24) is 0 Å². The number of rotatable bonds is 12. The zero-order chi connectivity index (χ0) is 28.8. The number of fused-ring (bicyclic) bond motifs is 2. The summed E-state index contributed by atoms with van der Waals surface area (Å²) in [7, 11) is 0. The van der Waals surface area contributed by atoms with Crippen LogP contribution in [-0.2, 0) is 17.6 Å². The monoisotopic (exact) mass is 570 g/mol. The highest BCUT2D eigenvalue weighted by atomic mass is 19.2. The van der Waals surface area contributed by atoms with Crippen LogP contribution in [-0.4, -0.2) is 13.2 Å². The Bertz CT molecular complexity index is 1220. The van der Waals surface area contributed by atoms with Crippen molar-refractivity contribution in [3.8, 4) is 17.2 Å². The van der Waals surface area contributed by atoms with Gasteiger partial charge < -0.3 is 14.2 Å². The summed E-state index contributed by atoms with van der Waals surface area (Å²) in [5, 5.41) is 0. The van der Waals surface area contributed by atoms with Gasteiger partial charge in [-0.15, -0.1) is 0 Å². The number of benzene rings is 2. The van der Waals surface area contributed by atoms with E-state index < -0.39 is 17.5 Å². The van der Waals surface area contributed by atoms with E-state index in [2.05, 4.69) is 19.9 Å². The van der Waals surface area contributed by atoms with Crippen molar-refractivity contribution in [2.75, 3.05) is 13.2 Å². The molecule has 2 aliphatic heterocycles. The third kappa shape index (κ3) is 7.06. The Morgan fingerprint density at radius 2 is 1.63 bits per heavy atom. The Kier molecular flexibility index (Phi) is 10.2. The smallest absolute Gasteiger partial charge is 0.205 e. The molecular formula is C35H45F3O3. The molecule has 1 fully saturated rings. The van der Waals surface area contributed by atoms with Gasteiger partial charge in [-0.1, -0.05) is 51.7 Å². The molecule has 3 aliphatic rings. The summed E-state index contributed by atoms with van der Waals surface area (Å²) in [6.07, 6.45) is 16.2. The highest BCUT2D eigenvalue weighted by molar-refractivity contribution is 5.54. The number of unbranched alkanes of at least 4 members (excludes halogenated alkanes) is 2. The summed E-state index contributed by atoms with van der Waals surface area (Å²) < 4.78 is 62.5. The van der Waals surface area contributed by atoms with Gasteiger partial charge in [0.25, 0.3) is 0 Å². The molecule has 6 heteroatoms. The van der Waals surface area contributed by atoms with Crippen molar-refractivity contribution in [2.24, 2.45) is 17.8 Å². The number of halogens is 3. The van der Waals surface area contributed by atoms with Gasteiger partial charge >= 0.3 is 0 Å². The summed E-state index contributed by atoms with van der Waals surface area (Å²) in [6, 6.07) is 5.13. The van der Waals surface area contributed by atoms with Crippen molar-refractivity contribution >= 4 is 0 Å². The Balaban J connectivity index is 1.10. The van der Waals surface area contributed by atoms with Crippen LogP contribution in [0.1, 0.15) is 108 Å². The van der Waals surface area contributed by atoms with E-state index in [4.69, 9.17) is 14.2 Å². The minimum atomic E-state index is -1.11. The average Bonchev–Trinajstić information content (AvgIpc) is 2.99. The van der Waals surface area contributed by atoms with Gasteiger partial charge in [-0.2, -0.15) is 8.78 Å². The number of ether oxygens (including phenoxy) is 3. The van der Waals surface area contributed by atoms with Crippen LogP contribution < -0.4 is 9.47 Å². The highest BCUT2D eigenvalue weighted by Crippen LogP contribution is 2.44. The molecule has 0 radical (unpaired) electrons. The zero-order valence-corrected chi connectivity index (χ0v) is 24.7. The fraction of sp³-hybridized carbons (Fsp3) is 0.600. The van der Waals surface area contributed by atoms with Gasteiger partial charge in [0.1, 0.15) is 0 Å². The zero-order valence-electron chi connectivity index (χ0n) is 24.7. The number of allylic oxidation sites excluding steroid dienone is 2. The second-order valence-electron chi connectivity index (χ2n) is 12.3. The Hall–Kier alpha value is -2.63. The molecule has 0 N–H and O–H groups in total. The van der Waals surface area contributed by atoms with E-state index in [1.54, 1.807) is 6.07 Å². The van der Waals surface area contributed by atoms with E-state index in [1.807, 2.05) is 6.07 Å². The lowest BCUT2D eigenvalue weighted by Crippen LogP contribution is -2.27. The molecule has 3 nitrogen and oxygen atoms in total. The second-order valence-corrected chi connectivity index (χ2v) is 12.3. The van der Waals surface area contributed by atoms with Gasteiger partial charge in [-0.25, -0.2) is 4.39 Å². The maximum atomic E-state index is 15.1. The van der Waals surface area contributed by atoms with Gasteiger partial charge in [-0.3, -0.25) is 0 Å². The van der Waals surface area contributed by atoms with E-state index >= 15 is 8.78 Å². The van der Waals surface area contributed by atoms with Crippen molar-refractivity contribution in [3.05, 3.63) is 64.2 Å². The van der Waals surface area contributed by atoms with E-state index in [0.29, 0.717) is 41.6 Å². The minimum Gasteiger partial charge on any atom is -0.498 e. The van der Waals surface area contributed by atoms with Crippen LogP contribution in [0.15, 0.2) is 30.0 Å². The maximum absolute atomic E-state index is 15.1. The van der Waals surface area contributed by atoms with E-state index in [0.717, 1.165) is 63.9 Å². The third-order valence-corrected chi connectivity index (χ3v) is 9.30. The molecule has 0 aromatic heterocycles. The molecule has 0 bridgehead atoms. The summed E-state index contributed by atoms with van der Waals surface area (Å²) in [4.78, 5) is 0. The molecule has 1 unspecified atom stereocenters. The second kappa shape index (κ2) is 14.0. The SMILES string of the molecule is CCCCCc1ccc2c(c1F)Oc1c(cc(OCCCC3CCC(C4CC=C(CCC)OC4)CC3)c(F)c1F)C2. The van der Waals surface area contributed by atoms with Crippen LogP contribution in [0.25, 0.3) is 0 Å². The van der Waals surface area contributed by atoms with Gasteiger partial charge in [0.2, 0.25) is 11.6 Å². The fourth-order valence-corrected chi connectivity index (χ4v) is 6.81. The molecule has 5 rings (SSSR count). The largest absolute Gasteiger partial charge is 0.498 e. The van der Waals surface area contributed by atoms with Crippen LogP contribution in [0.3, 0.4) is 0 Å². The summed E-state index contributed by atoms with van der Waals surface area (Å²) in [5.41, 5.74) is 1.67. The molecule has 0 spiro atoms. The molecule has 1 aliphatic carbocycles. The van der Waals surface area contributed by atoms with E-state index in [-0.39, 0.29) is 23.7 Å². The van der Waals surface area contributed by atoms with Crippen molar-refractivity contribution < 1.29 is 27.4 Å². The predicted octanol–water partition coefficient (Wildman–Crippen LogP) is 10.2. The molecule has 0 saturated heterocycles. The number of aryl methyl sites for hydroxylation is 1. The summed E-state index contributed by atoms with van der Waals surface area (Å²) >= 11 is 0. The van der Waals surface area contributed by atoms with Gasteiger partial charge in [-0.05, 0) is 86.8 Å². The van der Waals surface area contributed by atoms with Crippen LogP contribution in [0.5, 0.6) is 17.2 Å². The third-order valence-electron chi connectivity index (χ3n) is 9.30. The highest BCUT2D eigenvalue weighted by Gasteiger charge is 2.30. The molecular weight excluding hydrogens is 525 g/mol. The van der Waals surface area contributed by atoms with Crippen LogP contribution >= 0.6 is 0 Å². The average molecular weight is 571 g/mol. The molecule has 224 valence electrons. The molecule has 1 atom stereocenters. The van der Waals surface area contributed by atoms with Crippen molar-refractivity contribution in [3.63, 3.8) is 0 Å². The lowest BCUT2D eigenvalue weighted by atomic mass is 9.73. The quantitative estimate of drug-likeness (QED) is 0.203. The molecule has 2 aromatic carbocycles. The van der Waals surface area contributed by atoms with Crippen molar-refractivity contribution in [1.29, 1.82) is 0 Å². The fourth-order valence-electron chi connectivity index (χ4n) is 6.81. The molecule has 41 heavy (non-hydrogen) atoms. The van der Waals surface area contributed by atoms with Crippen molar-refractivity contribution in [2.45, 2.75) is 104 Å². The van der Waals surface area contributed by atoms with E-state index in [1.165, 1.54) is 37.5 Å². The predicted molar refractivity (Wildman–Crippen MR) is 156 cm³/mol. The minimum absolute atomic E-state index is 0.0157. The van der Waals surface area contributed by atoms with Gasteiger partial charge in [0.05, 0.1) is 19.0 Å². The Labute approximate surface area is 243 Å². The van der Waals surface area contributed by atoms with Gasteiger partial charge in [0.15, 0.2) is 23.1 Å². The maximum Gasteiger partial charge on any atom is 0.205 e. The normalized spacial score (nSPS) is 21.8. The summed E-state index contributed by atoms with van der Waals surface area (Å²) in [6.45, 7) is 5.48. The Morgan fingerprint density at radius 1 is 0.829 bits per heavy atom.